The van der Waals surface area contributed by atoms with E-state index in [0.29, 0.717) is 5.56 Å². The fourth-order valence-electron chi connectivity index (χ4n) is 4.11. The molecule has 0 saturated heterocycles. The molecule has 1 aliphatic carbocycles. The first kappa shape index (κ1) is 20.5. The van der Waals surface area contributed by atoms with Crippen LogP contribution >= 0.6 is 0 Å². The largest absolute Gasteiger partial charge is 0.273 e. The van der Waals surface area contributed by atoms with E-state index in [1.807, 2.05) is 60.9 Å². The minimum atomic E-state index is -0.244. The molecule has 2 atom stereocenters. The highest BCUT2D eigenvalue weighted by atomic mass is 16.2. The van der Waals surface area contributed by atoms with Crippen molar-refractivity contribution in [3.8, 4) is 17.3 Å². The molecule has 2 aromatic heterocycles. The highest BCUT2D eigenvalue weighted by Gasteiger charge is 2.55. The zero-order valence-electron chi connectivity index (χ0n) is 18.1. The second kappa shape index (κ2) is 8.29. The number of nitrogens with zero attached hydrogens (tertiary/aromatic N) is 4. The quantitative estimate of drug-likeness (QED) is 0.369. The molecule has 2 heterocycles. The van der Waals surface area contributed by atoms with Crippen LogP contribution in [0.5, 0.6) is 0 Å². The first-order valence-corrected chi connectivity index (χ1v) is 10.7. The van der Waals surface area contributed by atoms with Gasteiger partial charge in [-0.1, -0.05) is 37.3 Å². The van der Waals surface area contributed by atoms with Crippen LogP contribution in [0.3, 0.4) is 0 Å². The van der Waals surface area contributed by atoms with Crippen LogP contribution in [0.15, 0.2) is 84.4 Å². The molecule has 2 unspecified atom stereocenters. The lowest BCUT2D eigenvalue weighted by Gasteiger charge is -2.11. The number of hydrazone groups is 1. The van der Waals surface area contributed by atoms with Gasteiger partial charge in [0, 0.05) is 35.0 Å². The second-order valence-corrected chi connectivity index (χ2v) is 8.51. The molecule has 1 N–H and O–H groups in total. The van der Waals surface area contributed by atoms with Crippen molar-refractivity contribution in [2.45, 2.75) is 18.8 Å². The topological polar surface area (TPSA) is 91.0 Å². The summed E-state index contributed by atoms with van der Waals surface area (Å²) in [4.78, 5) is 21.4. The van der Waals surface area contributed by atoms with E-state index in [2.05, 4.69) is 33.5 Å². The lowest BCUT2D eigenvalue weighted by Crippen LogP contribution is -2.23. The molecule has 0 aliphatic heterocycles. The SMILES string of the molecule is CC1(c2ccc(-c3ccc(C#N)cc3)nc2)CC1C(=O)N/N=C/c1ccc2cnccc2c1. The van der Waals surface area contributed by atoms with Crippen LogP contribution < -0.4 is 5.43 Å². The minimum absolute atomic E-state index is 0.0880. The number of hydrogen-bond donors (Lipinski definition) is 1. The number of carbonyl (C=O) groups excluding carboxylic acids is 1. The van der Waals surface area contributed by atoms with Gasteiger partial charge in [-0.25, -0.2) is 5.43 Å². The van der Waals surface area contributed by atoms with Crippen LogP contribution in [0.2, 0.25) is 0 Å². The van der Waals surface area contributed by atoms with Crippen molar-refractivity contribution >= 4 is 22.9 Å². The summed E-state index contributed by atoms with van der Waals surface area (Å²) in [5.41, 5.74) is 6.80. The lowest BCUT2D eigenvalue weighted by molar-refractivity contribution is -0.122. The number of fused-ring (bicyclic) bond motifs is 1. The summed E-state index contributed by atoms with van der Waals surface area (Å²) in [6.45, 7) is 2.08. The van der Waals surface area contributed by atoms with E-state index in [-0.39, 0.29) is 17.2 Å². The molecule has 0 bridgehead atoms. The highest BCUT2D eigenvalue weighted by Crippen LogP contribution is 2.54. The third-order valence-electron chi connectivity index (χ3n) is 6.34. The number of hydrogen-bond acceptors (Lipinski definition) is 5. The Bertz CT molecular complexity index is 1400. The van der Waals surface area contributed by atoms with Crippen LogP contribution in [0.1, 0.15) is 30.0 Å². The molecule has 1 aliphatic rings. The number of nitrogens with one attached hydrogen (secondary N) is 1. The van der Waals surface area contributed by atoms with Crippen LogP contribution in [0, 0.1) is 17.2 Å². The predicted octanol–water partition coefficient (Wildman–Crippen LogP) is 4.60. The molecule has 4 aromatic rings. The number of rotatable bonds is 5. The van der Waals surface area contributed by atoms with E-state index >= 15 is 0 Å². The molecule has 5 rings (SSSR count). The van der Waals surface area contributed by atoms with E-state index < -0.39 is 0 Å². The minimum Gasteiger partial charge on any atom is -0.273 e. The van der Waals surface area contributed by atoms with E-state index in [1.54, 1.807) is 24.5 Å². The van der Waals surface area contributed by atoms with Gasteiger partial charge >= 0.3 is 0 Å². The molecular formula is C27H21N5O. The molecule has 0 spiro atoms. The Balaban J connectivity index is 1.22. The summed E-state index contributed by atoms with van der Waals surface area (Å²) in [6.07, 6.45) is 7.83. The number of aromatic nitrogens is 2. The van der Waals surface area contributed by atoms with Crippen molar-refractivity contribution in [3.63, 3.8) is 0 Å². The van der Waals surface area contributed by atoms with Gasteiger partial charge < -0.3 is 0 Å². The van der Waals surface area contributed by atoms with Crippen molar-refractivity contribution in [1.82, 2.24) is 15.4 Å². The molecule has 1 saturated carbocycles. The predicted molar refractivity (Wildman–Crippen MR) is 127 cm³/mol. The van der Waals surface area contributed by atoms with Crippen LogP contribution in [0.25, 0.3) is 22.0 Å². The highest BCUT2D eigenvalue weighted by molar-refractivity contribution is 5.91. The van der Waals surface area contributed by atoms with Gasteiger partial charge in [-0.15, -0.1) is 0 Å². The van der Waals surface area contributed by atoms with E-state index in [4.69, 9.17) is 5.26 Å². The van der Waals surface area contributed by atoms with Crippen molar-refractivity contribution in [2.24, 2.45) is 11.0 Å². The monoisotopic (exact) mass is 431 g/mol. The zero-order chi connectivity index (χ0) is 22.8. The second-order valence-electron chi connectivity index (χ2n) is 8.51. The Kier molecular flexibility index (Phi) is 5.15. The third-order valence-corrected chi connectivity index (χ3v) is 6.34. The fourth-order valence-corrected chi connectivity index (χ4v) is 4.11. The summed E-state index contributed by atoms with van der Waals surface area (Å²) in [5, 5.41) is 15.2. The van der Waals surface area contributed by atoms with Gasteiger partial charge in [0.05, 0.1) is 29.5 Å². The van der Waals surface area contributed by atoms with E-state index in [1.165, 1.54) is 0 Å². The molecule has 0 radical (unpaired) electrons. The van der Waals surface area contributed by atoms with Crippen LogP contribution in [-0.2, 0) is 10.2 Å². The summed E-state index contributed by atoms with van der Waals surface area (Å²) >= 11 is 0. The van der Waals surface area contributed by atoms with Crippen molar-refractivity contribution in [1.29, 1.82) is 5.26 Å². The maximum Gasteiger partial charge on any atom is 0.244 e. The number of pyridine rings is 2. The average molecular weight is 431 g/mol. The number of amides is 1. The molecule has 2 aromatic carbocycles. The molecule has 33 heavy (non-hydrogen) atoms. The molecule has 6 heteroatoms. The van der Waals surface area contributed by atoms with Crippen LogP contribution in [-0.4, -0.2) is 22.1 Å². The summed E-state index contributed by atoms with van der Waals surface area (Å²) in [5.74, 6) is -0.227. The van der Waals surface area contributed by atoms with Gasteiger partial charge in [0.15, 0.2) is 0 Å². The van der Waals surface area contributed by atoms with Crippen molar-refractivity contribution < 1.29 is 4.79 Å². The maximum absolute atomic E-state index is 12.7. The first-order valence-electron chi connectivity index (χ1n) is 10.7. The Labute approximate surface area is 191 Å². The maximum atomic E-state index is 12.7. The summed E-state index contributed by atoms with van der Waals surface area (Å²) in [7, 11) is 0. The third kappa shape index (κ3) is 4.09. The standard InChI is InChI=1S/C27H21N5O/c1-27(23-8-9-25(30-17-23)20-5-2-18(14-28)3-6-20)13-24(27)26(33)32-31-15-19-4-7-22-16-29-11-10-21(22)12-19/h2-12,15-17,24H,13H2,1H3,(H,32,33)/b31-15+. The van der Waals surface area contributed by atoms with Crippen LogP contribution in [0.4, 0.5) is 0 Å². The molecule has 6 nitrogen and oxygen atoms in total. The lowest BCUT2D eigenvalue weighted by atomic mass is 9.96. The Morgan fingerprint density at radius 2 is 1.97 bits per heavy atom. The van der Waals surface area contributed by atoms with Gasteiger partial charge in [-0.3, -0.25) is 14.8 Å². The van der Waals surface area contributed by atoms with Gasteiger partial charge in [-0.05, 0) is 53.3 Å². The Hall–Kier alpha value is -4.37. The van der Waals surface area contributed by atoms with Crippen molar-refractivity contribution in [2.75, 3.05) is 0 Å². The van der Waals surface area contributed by atoms with Gasteiger partial charge in [0.25, 0.3) is 0 Å². The van der Waals surface area contributed by atoms with Gasteiger partial charge in [0.1, 0.15) is 0 Å². The number of benzene rings is 2. The summed E-state index contributed by atoms with van der Waals surface area (Å²) in [6, 6.07) is 21.3. The van der Waals surface area contributed by atoms with E-state index in [0.717, 1.165) is 39.6 Å². The Morgan fingerprint density at radius 1 is 1.12 bits per heavy atom. The summed E-state index contributed by atoms with van der Waals surface area (Å²) < 4.78 is 0. The molecular weight excluding hydrogens is 410 g/mol. The normalized spacial score (nSPS) is 19.3. The van der Waals surface area contributed by atoms with E-state index in [9.17, 15) is 4.79 Å². The number of carbonyl (C=O) groups is 1. The molecule has 1 fully saturated rings. The molecule has 160 valence electrons. The zero-order valence-corrected chi connectivity index (χ0v) is 18.1. The number of nitriles is 1. The molecule has 1 amide bonds. The van der Waals surface area contributed by atoms with Gasteiger partial charge in [0.2, 0.25) is 5.91 Å². The fraction of sp³-hybridized carbons (Fsp3) is 0.148. The van der Waals surface area contributed by atoms with Crippen molar-refractivity contribution in [3.05, 3.63) is 95.9 Å². The smallest absolute Gasteiger partial charge is 0.244 e. The average Bonchev–Trinajstić information content (AvgIpc) is 3.57. The first-order chi connectivity index (χ1) is 16.1. The Morgan fingerprint density at radius 3 is 2.73 bits per heavy atom. The van der Waals surface area contributed by atoms with Gasteiger partial charge in [-0.2, -0.15) is 10.4 Å².